The van der Waals surface area contributed by atoms with Gasteiger partial charge in [0.1, 0.15) is 12.4 Å². The number of imidazole rings is 1. The van der Waals surface area contributed by atoms with E-state index >= 15 is 0 Å². The van der Waals surface area contributed by atoms with E-state index in [1.165, 1.54) is 19.3 Å². The number of nitrogens with one attached hydrogen (secondary N) is 1. The van der Waals surface area contributed by atoms with Gasteiger partial charge in [-0.15, -0.1) is 0 Å². The maximum atomic E-state index is 13.4. The Morgan fingerprint density at radius 1 is 1.03 bits per heavy atom. The van der Waals surface area contributed by atoms with E-state index in [1.807, 2.05) is 33.7 Å². The molecular formula is C28H40N4O2. The zero-order chi connectivity index (χ0) is 24.0. The monoisotopic (exact) mass is 464 g/mol. The number of rotatable bonds is 8. The Bertz CT molecular complexity index is 1030. The van der Waals surface area contributed by atoms with Crippen LogP contribution in [0.4, 0.5) is 0 Å². The van der Waals surface area contributed by atoms with E-state index in [4.69, 9.17) is 4.98 Å². The molecule has 0 spiro atoms. The molecule has 2 amide bonds. The van der Waals surface area contributed by atoms with Crippen LogP contribution in [0.3, 0.4) is 0 Å². The maximum absolute atomic E-state index is 13.4. The summed E-state index contributed by atoms with van der Waals surface area (Å²) in [5.74, 6) is 3.52. The quantitative estimate of drug-likeness (QED) is 0.623. The molecule has 1 N–H and O–H groups in total. The minimum Gasteiger partial charge on any atom is -0.355 e. The van der Waals surface area contributed by atoms with E-state index in [-0.39, 0.29) is 35.9 Å². The molecule has 0 atom stereocenters. The molecule has 0 unspecified atom stereocenters. The van der Waals surface area contributed by atoms with Crippen molar-refractivity contribution in [3.8, 4) is 0 Å². The Morgan fingerprint density at radius 2 is 1.62 bits per heavy atom. The van der Waals surface area contributed by atoms with Crippen LogP contribution in [0, 0.1) is 23.2 Å². The van der Waals surface area contributed by atoms with Gasteiger partial charge in [0.2, 0.25) is 11.8 Å². The summed E-state index contributed by atoms with van der Waals surface area (Å²) in [6, 6.07) is 8.29. The number of fused-ring (bicyclic) bond motifs is 1. The van der Waals surface area contributed by atoms with Gasteiger partial charge in [-0.25, -0.2) is 4.98 Å². The average Bonchev–Trinajstić information content (AvgIpc) is 3.09. The van der Waals surface area contributed by atoms with Crippen LogP contribution in [-0.2, 0) is 22.6 Å². The zero-order valence-electron chi connectivity index (χ0n) is 21.2. The molecule has 4 bridgehead atoms. The first-order chi connectivity index (χ1) is 16.3. The molecule has 4 aliphatic carbocycles. The largest absolute Gasteiger partial charge is 0.355 e. The lowest BCUT2D eigenvalue weighted by atomic mass is 9.49. The van der Waals surface area contributed by atoms with Gasteiger partial charge < -0.3 is 14.8 Å². The number of aromatic nitrogens is 2. The van der Waals surface area contributed by atoms with Crippen LogP contribution in [0.5, 0.6) is 0 Å². The molecule has 4 aliphatic rings. The number of amides is 2. The van der Waals surface area contributed by atoms with Crippen molar-refractivity contribution in [3.63, 3.8) is 0 Å². The van der Waals surface area contributed by atoms with Gasteiger partial charge >= 0.3 is 0 Å². The molecule has 2 aromatic rings. The molecule has 6 rings (SSSR count). The zero-order valence-corrected chi connectivity index (χ0v) is 21.2. The summed E-state index contributed by atoms with van der Waals surface area (Å²) >= 11 is 0. The molecule has 0 saturated heterocycles. The first-order valence-electron chi connectivity index (χ1n) is 13.3. The highest BCUT2D eigenvalue weighted by Crippen LogP contribution is 2.60. The molecule has 6 heteroatoms. The van der Waals surface area contributed by atoms with Crippen molar-refractivity contribution in [2.24, 2.45) is 23.2 Å². The topological polar surface area (TPSA) is 67.2 Å². The number of nitrogens with zero attached hydrogens (tertiary/aromatic N) is 3. The molecule has 4 saturated carbocycles. The minimum atomic E-state index is -0.125. The number of hydrogen-bond acceptors (Lipinski definition) is 3. The number of hydrogen-bond donors (Lipinski definition) is 1. The molecule has 1 aromatic carbocycles. The van der Waals surface area contributed by atoms with Crippen molar-refractivity contribution in [3.05, 3.63) is 30.1 Å². The summed E-state index contributed by atoms with van der Waals surface area (Å²) in [5.41, 5.74) is 1.75. The second kappa shape index (κ2) is 9.01. The molecular weight excluding hydrogens is 424 g/mol. The van der Waals surface area contributed by atoms with Gasteiger partial charge in [-0.3, -0.25) is 9.59 Å². The maximum Gasteiger partial charge on any atom is 0.243 e. The molecule has 184 valence electrons. The van der Waals surface area contributed by atoms with Crippen LogP contribution < -0.4 is 5.32 Å². The predicted molar refractivity (Wildman–Crippen MR) is 134 cm³/mol. The Hall–Kier alpha value is -2.37. The van der Waals surface area contributed by atoms with Gasteiger partial charge in [0.25, 0.3) is 0 Å². The predicted octanol–water partition coefficient (Wildman–Crippen LogP) is 4.56. The molecule has 34 heavy (non-hydrogen) atoms. The van der Waals surface area contributed by atoms with Gasteiger partial charge in [-0.1, -0.05) is 12.1 Å². The molecule has 1 aromatic heterocycles. The van der Waals surface area contributed by atoms with Crippen LogP contribution in [0.25, 0.3) is 11.0 Å². The van der Waals surface area contributed by atoms with Gasteiger partial charge in [0.05, 0.1) is 11.0 Å². The molecule has 1 heterocycles. The third kappa shape index (κ3) is 4.25. The van der Waals surface area contributed by atoms with Crippen molar-refractivity contribution >= 4 is 22.8 Å². The third-order valence-corrected chi connectivity index (χ3v) is 8.58. The minimum absolute atomic E-state index is 0.104. The van der Waals surface area contributed by atoms with Crippen LogP contribution in [0.1, 0.15) is 72.0 Å². The van der Waals surface area contributed by atoms with Crippen molar-refractivity contribution in [1.29, 1.82) is 0 Å². The summed E-state index contributed by atoms with van der Waals surface area (Å²) in [4.78, 5) is 33.4. The highest BCUT2D eigenvalue weighted by atomic mass is 16.2. The van der Waals surface area contributed by atoms with Crippen molar-refractivity contribution in [1.82, 2.24) is 19.8 Å². The van der Waals surface area contributed by atoms with Crippen LogP contribution >= 0.6 is 0 Å². The van der Waals surface area contributed by atoms with Crippen LogP contribution in [0.2, 0.25) is 0 Å². The molecule has 6 nitrogen and oxygen atoms in total. The van der Waals surface area contributed by atoms with Gasteiger partial charge in [-0.2, -0.15) is 0 Å². The standard InChI is InChI=1S/C28H40N4O2/c1-18(2)32(19(3)4)26(33)17-31-24-8-6-5-7-23(24)30-25(31)9-10-29-27(34)28-14-20-11-21(15-28)13-22(12-20)16-28/h5-8,18-22H,9-17H2,1-4H3,(H,29,34). The number of carbonyl (C=O) groups excluding carboxylic acids is 2. The average molecular weight is 465 g/mol. The van der Waals surface area contributed by atoms with E-state index in [0.717, 1.165) is 53.9 Å². The fraction of sp³-hybridized carbons (Fsp3) is 0.679. The number of para-hydroxylation sites is 2. The Balaban J connectivity index is 1.29. The molecule has 0 aliphatic heterocycles. The lowest BCUT2D eigenvalue weighted by Crippen LogP contribution is -2.53. The highest BCUT2D eigenvalue weighted by molar-refractivity contribution is 5.83. The third-order valence-electron chi connectivity index (χ3n) is 8.58. The number of benzene rings is 1. The fourth-order valence-electron chi connectivity index (χ4n) is 7.75. The molecule has 0 radical (unpaired) electrons. The second-order valence-electron chi connectivity index (χ2n) is 11.8. The normalized spacial score (nSPS) is 27.6. The lowest BCUT2D eigenvalue weighted by Gasteiger charge is -2.55. The SMILES string of the molecule is CC(C)N(C(=O)Cn1c(CCNC(=O)C23CC4CC(CC(C4)C2)C3)nc2ccccc21)C(C)C. The lowest BCUT2D eigenvalue weighted by molar-refractivity contribution is -0.146. The first kappa shape index (κ1) is 23.4. The smallest absolute Gasteiger partial charge is 0.243 e. The van der Waals surface area contributed by atoms with Gasteiger partial charge in [0, 0.05) is 30.5 Å². The van der Waals surface area contributed by atoms with E-state index in [1.54, 1.807) is 0 Å². The summed E-state index contributed by atoms with van der Waals surface area (Å²) in [5, 5.41) is 3.28. The highest BCUT2D eigenvalue weighted by Gasteiger charge is 2.54. The second-order valence-corrected chi connectivity index (χ2v) is 11.8. The van der Waals surface area contributed by atoms with E-state index in [2.05, 4.69) is 33.0 Å². The molecule has 4 fully saturated rings. The number of carbonyl (C=O) groups is 2. The van der Waals surface area contributed by atoms with E-state index in [9.17, 15) is 9.59 Å². The Kier molecular flexibility index (Phi) is 6.19. The summed E-state index contributed by atoms with van der Waals surface area (Å²) < 4.78 is 2.05. The van der Waals surface area contributed by atoms with Crippen LogP contribution in [0.15, 0.2) is 24.3 Å². The van der Waals surface area contributed by atoms with Crippen molar-refractivity contribution in [2.75, 3.05) is 6.54 Å². The van der Waals surface area contributed by atoms with Crippen molar-refractivity contribution < 1.29 is 9.59 Å². The van der Waals surface area contributed by atoms with Gasteiger partial charge in [0.15, 0.2) is 0 Å². The summed E-state index contributed by atoms with van der Waals surface area (Å²) in [7, 11) is 0. The Labute approximate surface area is 203 Å². The summed E-state index contributed by atoms with van der Waals surface area (Å²) in [6.07, 6.45) is 7.90. The van der Waals surface area contributed by atoms with Crippen molar-refractivity contribution in [2.45, 2.75) is 91.3 Å². The summed E-state index contributed by atoms with van der Waals surface area (Å²) in [6.45, 7) is 9.08. The fourth-order valence-corrected chi connectivity index (χ4v) is 7.75. The first-order valence-corrected chi connectivity index (χ1v) is 13.3. The Morgan fingerprint density at radius 3 is 2.21 bits per heavy atom. The van der Waals surface area contributed by atoms with E-state index in [0.29, 0.717) is 13.0 Å². The van der Waals surface area contributed by atoms with E-state index < -0.39 is 0 Å². The van der Waals surface area contributed by atoms with Crippen LogP contribution in [-0.4, -0.2) is 44.9 Å². The van der Waals surface area contributed by atoms with Gasteiger partial charge in [-0.05, 0) is 96.1 Å².